The second-order valence-corrected chi connectivity index (χ2v) is 8.16. The first kappa shape index (κ1) is 19.2. The number of terminal acetylenes is 1. The average molecular weight is 407 g/mol. The van der Waals surface area contributed by atoms with Gasteiger partial charge in [0.2, 0.25) is 0 Å². The van der Waals surface area contributed by atoms with Crippen molar-refractivity contribution >= 4 is 28.4 Å². The number of rotatable bonds is 4. The summed E-state index contributed by atoms with van der Waals surface area (Å²) in [5, 5.41) is 0.448. The number of amidine groups is 1. The molecule has 8 heteroatoms. The van der Waals surface area contributed by atoms with Gasteiger partial charge in [0.1, 0.15) is 17.2 Å². The van der Waals surface area contributed by atoms with Crippen molar-refractivity contribution in [3.8, 4) is 12.3 Å². The third-order valence-electron chi connectivity index (χ3n) is 4.95. The number of aliphatic imine (C=N–C) groups is 1. The van der Waals surface area contributed by atoms with Gasteiger partial charge in [-0.15, -0.1) is 6.42 Å². The molecule has 146 valence electrons. The molecule has 0 fully saturated rings. The zero-order valence-corrected chi connectivity index (χ0v) is 16.5. The minimum Gasteiger partial charge on any atom is -0.379 e. The first-order valence-electron chi connectivity index (χ1n) is 8.99. The van der Waals surface area contributed by atoms with Crippen molar-refractivity contribution in [2.24, 2.45) is 10.7 Å². The molecule has 4 rings (SSSR count). The summed E-state index contributed by atoms with van der Waals surface area (Å²) in [5.74, 6) is 2.68. The number of benzene rings is 1. The Hall–Kier alpha value is -3.18. The van der Waals surface area contributed by atoms with Crippen molar-refractivity contribution in [1.29, 1.82) is 0 Å². The van der Waals surface area contributed by atoms with E-state index < -0.39 is 5.54 Å². The number of hydrogen-bond acceptors (Lipinski definition) is 6. The van der Waals surface area contributed by atoms with E-state index >= 15 is 0 Å². The fourth-order valence-electron chi connectivity index (χ4n) is 3.36. The second kappa shape index (κ2) is 7.33. The number of ketones is 1. The highest BCUT2D eigenvalue weighted by atomic mass is 32.2. The van der Waals surface area contributed by atoms with E-state index in [2.05, 4.69) is 20.9 Å². The van der Waals surface area contributed by atoms with Crippen LogP contribution >= 0.6 is 11.8 Å². The molecule has 0 unspecified atom stereocenters. The Bertz CT molecular complexity index is 1200. The number of carbonyl (C=O) groups is 1. The minimum absolute atomic E-state index is 0.0898. The van der Waals surface area contributed by atoms with Crippen LogP contribution in [-0.4, -0.2) is 31.1 Å². The van der Waals surface area contributed by atoms with Gasteiger partial charge >= 0.3 is 0 Å². The van der Waals surface area contributed by atoms with Crippen LogP contribution in [0.5, 0.6) is 0 Å². The Morgan fingerprint density at radius 2 is 2.28 bits per heavy atom. The van der Waals surface area contributed by atoms with Gasteiger partial charge in [0.25, 0.3) is 0 Å². The number of nitrogens with two attached hydrogens (primary N) is 1. The number of aromatic nitrogens is 3. The van der Waals surface area contributed by atoms with Gasteiger partial charge in [-0.2, -0.15) is 0 Å². The molecule has 1 aliphatic rings. The molecule has 2 aromatic heterocycles. The number of thioether (sulfide) groups is 1. The number of nitrogens with zero attached hydrogens (tertiary/aromatic N) is 4. The summed E-state index contributed by atoms with van der Waals surface area (Å²) in [6.07, 6.45) is 10.9. The first-order valence-corrected chi connectivity index (χ1v) is 9.98. The van der Waals surface area contributed by atoms with Gasteiger partial charge in [0.15, 0.2) is 16.6 Å². The van der Waals surface area contributed by atoms with Crippen molar-refractivity contribution in [1.82, 2.24) is 14.4 Å². The van der Waals surface area contributed by atoms with Gasteiger partial charge in [-0.25, -0.2) is 14.4 Å². The lowest BCUT2D eigenvalue weighted by Gasteiger charge is -2.30. The maximum Gasteiger partial charge on any atom is 0.187 e. The van der Waals surface area contributed by atoms with Crippen LogP contribution in [0.15, 0.2) is 41.8 Å². The van der Waals surface area contributed by atoms with Crippen molar-refractivity contribution in [2.45, 2.75) is 25.3 Å². The van der Waals surface area contributed by atoms with E-state index in [1.807, 2.05) is 6.92 Å². The van der Waals surface area contributed by atoms with E-state index in [1.165, 1.54) is 24.0 Å². The molecule has 0 amide bonds. The molecule has 2 N–H and O–H groups in total. The number of fused-ring (bicyclic) bond motifs is 1. The predicted octanol–water partition coefficient (Wildman–Crippen LogP) is 2.94. The zero-order chi connectivity index (χ0) is 20.6. The smallest absolute Gasteiger partial charge is 0.187 e. The van der Waals surface area contributed by atoms with Gasteiger partial charge in [-0.05, 0) is 37.0 Å². The Labute approximate surface area is 171 Å². The average Bonchev–Trinajstić information content (AvgIpc) is 3.11. The molecule has 6 nitrogen and oxygen atoms in total. The molecule has 0 saturated heterocycles. The van der Waals surface area contributed by atoms with Crippen LogP contribution in [0.1, 0.15) is 40.7 Å². The molecule has 0 bridgehead atoms. The van der Waals surface area contributed by atoms with Crippen LogP contribution < -0.4 is 5.73 Å². The monoisotopic (exact) mass is 407 g/mol. The second-order valence-electron chi connectivity index (χ2n) is 7.04. The summed E-state index contributed by atoms with van der Waals surface area (Å²) in [7, 11) is 0. The van der Waals surface area contributed by atoms with E-state index in [0.717, 1.165) is 5.75 Å². The van der Waals surface area contributed by atoms with E-state index in [1.54, 1.807) is 28.9 Å². The molecule has 1 aliphatic heterocycles. The van der Waals surface area contributed by atoms with Gasteiger partial charge in [-0.1, -0.05) is 17.8 Å². The fourth-order valence-corrected chi connectivity index (χ4v) is 4.34. The van der Waals surface area contributed by atoms with Crippen molar-refractivity contribution < 1.29 is 9.18 Å². The highest BCUT2D eigenvalue weighted by Crippen LogP contribution is 2.36. The highest BCUT2D eigenvalue weighted by Gasteiger charge is 2.32. The largest absolute Gasteiger partial charge is 0.379 e. The van der Waals surface area contributed by atoms with E-state index in [9.17, 15) is 9.18 Å². The molecule has 3 heterocycles. The quantitative estimate of drug-likeness (QED) is 0.531. The maximum absolute atomic E-state index is 14.6. The van der Waals surface area contributed by atoms with Crippen molar-refractivity contribution in [3.63, 3.8) is 0 Å². The zero-order valence-electron chi connectivity index (χ0n) is 15.7. The Morgan fingerprint density at radius 1 is 1.45 bits per heavy atom. The molecule has 3 aromatic rings. The maximum atomic E-state index is 14.6. The molecular formula is C21H18FN5OS. The lowest BCUT2D eigenvalue weighted by molar-refractivity contribution is 0.0987. The lowest BCUT2D eigenvalue weighted by Crippen LogP contribution is -2.29. The van der Waals surface area contributed by atoms with Crippen LogP contribution in [0.2, 0.25) is 0 Å². The summed E-state index contributed by atoms with van der Waals surface area (Å²) in [4.78, 5) is 25.6. The van der Waals surface area contributed by atoms with Crippen LogP contribution in [0.4, 0.5) is 4.39 Å². The van der Waals surface area contributed by atoms with Crippen molar-refractivity contribution in [2.75, 3.05) is 5.75 Å². The standard InChI is InChI=1S/C21H18FN5OS/c1-3-14-11-27-12-17(24-10-19(27)25-14)18(28)9-13-4-5-16(22)15(8-13)21(2)6-7-29-20(23)26-21/h1,4-5,8,10-12H,6-7,9H2,2H3,(H2,23,26)/t21-/m0/s1. The number of imidazole rings is 1. The number of carbonyl (C=O) groups excluding carboxylic acids is 1. The van der Waals surface area contributed by atoms with Crippen LogP contribution in [-0.2, 0) is 12.0 Å². The predicted molar refractivity (Wildman–Crippen MR) is 111 cm³/mol. The number of halogens is 1. The molecule has 0 radical (unpaired) electrons. The Balaban J connectivity index is 1.62. The minimum atomic E-state index is -0.738. The number of hydrogen-bond donors (Lipinski definition) is 1. The third kappa shape index (κ3) is 3.74. The highest BCUT2D eigenvalue weighted by molar-refractivity contribution is 8.13. The molecular weight excluding hydrogens is 389 g/mol. The van der Waals surface area contributed by atoms with E-state index in [-0.39, 0.29) is 23.7 Å². The van der Waals surface area contributed by atoms with E-state index in [0.29, 0.717) is 34.1 Å². The Kier molecular flexibility index (Phi) is 4.84. The van der Waals surface area contributed by atoms with E-state index in [4.69, 9.17) is 12.2 Å². The normalized spacial score (nSPS) is 19.0. The fraction of sp³-hybridized carbons (Fsp3) is 0.238. The molecule has 1 aromatic carbocycles. The molecule has 0 saturated carbocycles. The first-order chi connectivity index (χ1) is 13.9. The van der Waals surface area contributed by atoms with Gasteiger partial charge in [0.05, 0.1) is 11.7 Å². The van der Waals surface area contributed by atoms with Gasteiger partial charge in [0, 0.05) is 30.1 Å². The van der Waals surface area contributed by atoms with Gasteiger partial charge in [-0.3, -0.25) is 9.79 Å². The molecule has 1 atom stereocenters. The Morgan fingerprint density at radius 3 is 3.03 bits per heavy atom. The summed E-state index contributed by atoms with van der Waals surface area (Å²) in [6.45, 7) is 1.86. The molecule has 29 heavy (non-hydrogen) atoms. The lowest BCUT2D eigenvalue weighted by atomic mass is 9.87. The van der Waals surface area contributed by atoms with Crippen LogP contribution in [0.25, 0.3) is 5.65 Å². The topological polar surface area (TPSA) is 85.6 Å². The molecule has 0 spiro atoms. The SMILES string of the molecule is C#Cc1cn2cc(C(=O)Cc3ccc(F)c([C@]4(C)CCSC(N)=N4)c3)ncc2n1. The molecule has 0 aliphatic carbocycles. The van der Waals surface area contributed by atoms with Gasteiger partial charge < -0.3 is 10.1 Å². The summed E-state index contributed by atoms with van der Waals surface area (Å²) >= 11 is 1.46. The summed E-state index contributed by atoms with van der Waals surface area (Å²) in [6, 6.07) is 4.69. The third-order valence-corrected chi connectivity index (χ3v) is 5.74. The summed E-state index contributed by atoms with van der Waals surface area (Å²) < 4.78 is 16.2. The van der Waals surface area contributed by atoms with Crippen LogP contribution in [0, 0.1) is 18.2 Å². The number of Topliss-reactive ketones (excluding diaryl/α,β-unsaturated/α-hetero) is 1. The van der Waals surface area contributed by atoms with Crippen molar-refractivity contribution in [3.05, 3.63) is 65.1 Å². The summed E-state index contributed by atoms with van der Waals surface area (Å²) in [5.41, 5.74) is 7.58. The van der Waals surface area contributed by atoms with Crippen LogP contribution in [0.3, 0.4) is 0 Å².